The number of ether oxygens (including phenoxy) is 2. The first kappa shape index (κ1) is 17.7. The van der Waals surface area contributed by atoms with E-state index < -0.39 is 35.2 Å². The van der Waals surface area contributed by atoms with Gasteiger partial charge in [0, 0.05) is 5.75 Å². The van der Waals surface area contributed by atoms with Crippen molar-refractivity contribution >= 4 is 29.5 Å². The lowest BCUT2D eigenvalue weighted by molar-refractivity contribution is -0.150. The number of amides is 2. The van der Waals surface area contributed by atoms with Crippen LogP contribution in [0.4, 0.5) is 0 Å². The molecule has 10 heteroatoms. The third-order valence-electron chi connectivity index (χ3n) is 4.70. The molecule has 1 aromatic rings. The average molecular weight is 391 g/mol. The zero-order chi connectivity index (χ0) is 19.3. The van der Waals surface area contributed by atoms with Crippen molar-refractivity contribution in [3.63, 3.8) is 0 Å². The van der Waals surface area contributed by atoms with Gasteiger partial charge < -0.3 is 25.6 Å². The maximum Gasteiger partial charge on any atom is 0.352 e. The van der Waals surface area contributed by atoms with Gasteiger partial charge in [-0.3, -0.25) is 14.5 Å². The molecule has 0 spiro atoms. The minimum absolute atomic E-state index is 0.00526. The Labute approximate surface area is 158 Å². The Morgan fingerprint density at radius 3 is 2.85 bits per heavy atom. The van der Waals surface area contributed by atoms with Crippen LogP contribution in [-0.2, 0) is 14.4 Å². The van der Waals surface area contributed by atoms with Crippen LogP contribution in [0.3, 0.4) is 0 Å². The molecule has 9 nitrogen and oxygen atoms in total. The molecule has 2 amide bonds. The molecule has 0 aliphatic carbocycles. The van der Waals surface area contributed by atoms with Crippen molar-refractivity contribution in [3.8, 4) is 11.5 Å². The number of thioether (sulfide) groups is 1. The second-order valence-corrected chi connectivity index (χ2v) is 7.53. The van der Waals surface area contributed by atoms with Crippen LogP contribution in [0.2, 0.25) is 0 Å². The molecule has 0 aromatic heterocycles. The topological polar surface area (TPSA) is 131 Å². The summed E-state index contributed by atoms with van der Waals surface area (Å²) in [5.74, 6) is -0.537. The molecular formula is C17H17N3O6S. The zero-order valence-electron chi connectivity index (χ0n) is 14.3. The van der Waals surface area contributed by atoms with E-state index in [1.807, 2.05) is 0 Å². The van der Waals surface area contributed by atoms with Gasteiger partial charge in [0.15, 0.2) is 11.5 Å². The summed E-state index contributed by atoms with van der Waals surface area (Å²) >= 11 is 1.41. The highest BCUT2D eigenvalue weighted by molar-refractivity contribution is 8.00. The molecule has 2 unspecified atom stereocenters. The van der Waals surface area contributed by atoms with Crippen LogP contribution in [0.25, 0.3) is 0 Å². The summed E-state index contributed by atoms with van der Waals surface area (Å²) in [7, 11) is 0. The predicted molar refractivity (Wildman–Crippen MR) is 94.9 cm³/mol. The van der Waals surface area contributed by atoms with Gasteiger partial charge in [0.2, 0.25) is 12.7 Å². The first-order valence-corrected chi connectivity index (χ1v) is 9.26. The van der Waals surface area contributed by atoms with Crippen LogP contribution >= 0.6 is 11.8 Å². The number of fused-ring (bicyclic) bond motifs is 2. The van der Waals surface area contributed by atoms with Crippen LogP contribution in [0.15, 0.2) is 29.5 Å². The number of nitrogens with zero attached hydrogens (tertiary/aromatic N) is 1. The molecule has 4 rings (SSSR count). The highest BCUT2D eigenvalue weighted by atomic mass is 32.2. The van der Waals surface area contributed by atoms with Crippen LogP contribution in [-0.4, -0.2) is 51.8 Å². The van der Waals surface area contributed by atoms with Crippen molar-refractivity contribution in [3.05, 3.63) is 35.0 Å². The van der Waals surface area contributed by atoms with Gasteiger partial charge in [-0.15, -0.1) is 11.8 Å². The van der Waals surface area contributed by atoms with Crippen molar-refractivity contribution in [2.24, 2.45) is 5.73 Å². The molecule has 3 aliphatic rings. The van der Waals surface area contributed by atoms with E-state index in [1.54, 1.807) is 25.1 Å². The Morgan fingerprint density at radius 2 is 2.11 bits per heavy atom. The molecule has 27 heavy (non-hydrogen) atoms. The second kappa shape index (κ2) is 6.46. The van der Waals surface area contributed by atoms with Crippen molar-refractivity contribution in [2.45, 2.75) is 24.4 Å². The monoisotopic (exact) mass is 391 g/mol. The molecule has 1 fully saturated rings. The molecule has 1 saturated heterocycles. The number of β-lactam (4-membered cyclic amide) rings is 1. The normalized spacial score (nSPS) is 24.2. The standard InChI is InChI=1S/C17H17N3O6S/c1-7-5-27-16-12(15(22)20(16)13(7)17(23)24)19-14(21)11(18)8-2-3-9-10(4-8)26-6-25-9/h2-4,11-12,16H,5-6,18H2,1H3,(H,19,21)(H,23,24)/t11-,12?,16?/m1/s1. The number of hydrogen-bond acceptors (Lipinski definition) is 7. The van der Waals surface area contributed by atoms with E-state index in [1.165, 1.54) is 16.7 Å². The molecule has 142 valence electrons. The van der Waals surface area contributed by atoms with Crippen molar-refractivity contribution in [1.29, 1.82) is 0 Å². The maximum atomic E-state index is 12.5. The van der Waals surface area contributed by atoms with Crippen LogP contribution < -0.4 is 20.5 Å². The number of nitrogens with one attached hydrogen (secondary N) is 1. The SMILES string of the molecule is CC1=C(C(=O)O)N2C(=O)C(NC(=O)[C@H](N)c3ccc4c(c3)OCO4)C2SC1. The molecular weight excluding hydrogens is 374 g/mol. The summed E-state index contributed by atoms with van der Waals surface area (Å²) in [6.07, 6.45) is 0. The zero-order valence-corrected chi connectivity index (χ0v) is 15.1. The van der Waals surface area contributed by atoms with Gasteiger partial charge in [0.05, 0.1) is 0 Å². The Kier molecular flexibility index (Phi) is 4.23. The number of carbonyl (C=O) groups is 3. The van der Waals surface area contributed by atoms with E-state index in [4.69, 9.17) is 15.2 Å². The molecule has 0 bridgehead atoms. The van der Waals surface area contributed by atoms with Crippen molar-refractivity contribution in [2.75, 3.05) is 12.5 Å². The fraction of sp³-hybridized carbons (Fsp3) is 0.353. The number of rotatable bonds is 4. The molecule has 0 saturated carbocycles. The van der Waals surface area contributed by atoms with Gasteiger partial charge in [0.25, 0.3) is 5.91 Å². The Balaban J connectivity index is 1.46. The molecule has 1 aromatic carbocycles. The lowest BCUT2D eigenvalue weighted by Gasteiger charge is -2.49. The summed E-state index contributed by atoms with van der Waals surface area (Å²) in [5.41, 5.74) is 7.17. The third kappa shape index (κ3) is 2.81. The second-order valence-electron chi connectivity index (χ2n) is 6.42. The van der Waals surface area contributed by atoms with Gasteiger partial charge in [-0.1, -0.05) is 6.07 Å². The minimum atomic E-state index is -1.15. The lowest BCUT2D eigenvalue weighted by Crippen LogP contribution is -2.71. The molecule has 3 heterocycles. The number of benzene rings is 1. The van der Waals surface area contributed by atoms with Crippen LogP contribution in [0, 0.1) is 0 Å². The lowest BCUT2D eigenvalue weighted by atomic mass is 10.0. The smallest absolute Gasteiger partial charge is 0.352 e. The van der Waals surface area contributed by atoms with E-state index in [9.17, 15) is 19.5 Å². The maximum absolute atomic E-state index is 12.5. The van der Waals surface area contributed by atoms with Gasteiger partial charge >= 0.3 is 5.97 Å². The Bertz CT molecular complexity index is 885. The molecule has 0 radical (unpaired) electrons. The number of carbonyl (C=O) groups excluding carboxylic acids is 2. The van der Waals surface area contributed by atoms with E-state index in [2.05, 4.69) is 5.32 Å². The van der Waals surface area contributed by atoms with Gasteiger partial charge in [0.1, 0.15) is 23.2 Å². The van der Waals surface area contributed by atoms with Crippen LogP contribution in [0.5, 0.6) is 11.5 Å². The molecule has 4 N–H and O–H groups in total. The highest BCUT2D eigenvalue weighted by Crippen LogP contribution is 2.40. The summed E-state index contributed by atoms with van der Waals surface area (Å²) in [4.78, 5) is 37.6. The number of hydrogen-bond donors (Lipinski definition) is 3. The quantitative estimate of drug-likeness (QED) is 0.619. The largest absolute Gasteiger partial charge is 0.477 e. The van der Waals surface area contributed by atoms with Gasteiger partial charge in [-0.25, -0.2) is 4.79 Å². The Morgan fingerprint density at radius 1 is 1.37 bits per heavy atom. The van der Waals surface area contributed by atoms with Crippen LogP contribution in [0.1, 0.15) is 18.5 Å². The summed E-state index contributed by atoms with van der Waals surface area (Å²) in [6, 6.07) is 3.17. The van der Waals surface area contributed by atoms with E-state index >= 15 is 0 Å². The van der Waals surface area contributed by atoms with E-state index in [0.29, 0.717) is 28.4 Å². The van der Waals surface area contributed by atoms with Gasteiger partial charge in [-0.2, -0.15) is 0 Å². The summed E-state index contributed by atoms with van der Waals surface area (Å²) in [5, 5.41) is 11.5. The number of carboxylic acid groups (broad SMARTS) is 1. The summed E-state index contributed by atoms with van der Waals surface area (Å²) in [6.45, 7) is 1.80. The summed E-state index contributed by atoms with van der Waals surface area (Å²) < 4.78 is 10.5. The van der Waals surface area contributed by atoms with E-state index in [-0.39, 0.29) is 12.5 Å². The fourth-order valence-corrected chi connectivity index (χ4v) is 4.57. The fourth-order valence-electron chi connectivity index (χ4n) is 3.28. The number of nitrogens with two attached hydrogens (primary N) is 1. The minimum Gasteiger partial charge on any atom is -0.477 e. The first-order chi connectivity index (χ1) is 12.9. The average Bonchev–Trinajstić information content (AvgIpc) is 3.12. The number of carboxylic acids is 1. The van der Waals surface area contributed by atoms with Gasteiger partial charge in [-0.05, 0) is 30.2 Å². The molecule has 3 aliphatic heterocycles. The highest BCUT2D eigenvalue weighted by Gasteiger charge is 2.53. The third-order valence-corrected chi connectivity index (χ3v) is 6.12. The Hall–Kier alpha value is -2.72. The van der Waals surface area contributed by atoms with E-state index in [0.717, 1.165) is 0 Å². The van der Waals surface area contributed by atoms with Crippen molar-refractivity contribution in [1.82, 2.24) is 10.2 Å². The predicted octanol–water partition coefficient (Wildman–Crippen LogP) is 0.174. The number of aliphatic carboxylic acids is 1. The molecule has 3 atom stereocenters. The van der Waals surface area contributed by atoms with Crippen molar-refractivity contribution < 1.29 is 29.0 Å². The first-order valence-electron chi connectivity index (χ1n) is 8.21.